The van der Waals surface area contributed by atoms with E-state index in [0.29, 0.717) is 11.4 Å². The molecule has 10 aromatic rings. The zero-order chi connectivity index (χ0) is 51.5. The van der Waals surface area contributed by atoms with Gasteiger partial charge in [0, 0.05) is 44.1 Å². The van der Waals surface area contributed by atoms with Crippen LogP contribution < -0.4 is 0 Å². The molecular weight excluding hydrogens is 1080 g/mol. The fourth-order valence-corrected chi connectivity index (χ4v) is 9.87. The summed E-state index contributed by atoms with van der Waals surface area (Å²) in [6.07, 6.45) is 1.91. The van der Waals surface area contributed by atoms with Gasteiger partial charge >= 0.3 is 0 Å². The third-order valence-corrected chi connectivity index (χ3v) is 15.3. The van der Waals surface area contributed by atoms with E-state index in [4.69, 9.17) is 9.97 Å². The van der Waals surface area contributed by atoms with E-state index >= 15 is 0 Å². The molecule has 0 aliphatic carbocycles. The topological polar surface area (TPSA) is 50.9 Å². The van der Waals surface area contributed by atoms with Crippen molar-refractivity contribution in [3.05, 3.63) is 217 Å². The first-order valence-electron chi connectivity index (χ1n) is 25.6. The van der Waals surface area contributed by atoms with E-state index in [1.807, 2.05) is 36.5 Å². The standard InChI is InChI=1S/C69H66N3O.Pt/c1-66(2,3)52-36-37-61(59(44-52)47-24-16-13-17-25-47)72-62-31-21-28-55(63(62)71-65(72)58-30-20-29-57(64(58)73)56-27-19-18-26-54(56)46-22-14-12-15-23-46)49-40-50(42-53(41-49)67(4,5)6)60-43-48(38-39-70-60)45-32-34-51(35-33-45)69(10,11)68(7,8)9;/h12-39,41-44,73H,1-11H3;/q-1;. The van der Waals surface area contributed by atoms with Crippen LogP contribution in [0.2, 0.25) is 0 Å². The third kappa shape index (κ3) is 9.85. The van der Waals surface area contributed by atoms with Gasteiger partial charge in [0.05, 0.1) is 22.3 Å². The summed E-state index contributed by atoms with van der Waals surface area (Å²) in [6.45, 7) is 25.1. The van der Waals surface area contributed by atoms with Gasteiger partial charge < -0.3 is 5.11 Å². The van der Waals surface area contributed by atoms with Gasteiger partial charge in [-0.15, -0.1) is 29.3 Å². The number of hydrogen-bond acceptors (Lipinski definition) is 3. The van der Waals surface area contributed by atoms with E-state index < -0.39 is 0 Å². The van der Waals surface area contributed by atoms with Crippen molar-refractivity contribution in [2.45, 2.75) is 92.4 Å². The van der Waals surface area contributed by atoms with Crippen molar-refractivity contribution in [1.29, 1.82) is 0 Å². The van der Waals surface area contributed by atoms with Crippen LogP contribution in [-0.2, 0) is 37.3 Å². The van der Waals surface area contributed by atoms with Crippen molar-refractivity contribution in [1.82, 2.24) is 14.5 Å². The first-order chi connectivity index (χ1) is 34.8. The van der Waals surface area contributed by atoms with E-state index in [1.165, 1.54) is 16.7 Å². The molecule has 0 aliphatic rings. The SMILES string of the molecule is CC(C)(C)c1cc(-c2cc(-c3ccc(C(C)(C)C(C)(C)C)cc3)ccn2)[c-]c(-c2cccc3c2nc(-c2cccc(-c4ccccc4-c4ccccc4)c2O)n3-c2ccc(C(C)(C)C)cc2-c2ccccc2)c1.[Pt]. The van der Waals surface area contributed by atoms with Crippen molar-refractivity contribution >= 4 is 11.0 Å². The van der Waals surface area contributed by atoms with Gasteiger partial charge in [0.1, 0.15) is 11.6 Å². The number of rotatable bonds is 9. The number of pyridine rings is 1. The number of aromatic hydroxyl groups is 1. The molecule has 4 nitrogen and oxygen atoms in total. The van der Waals surface area contributed by atoms with E-state index in [9.17, 15) is 5.11 Å². The summed E-state index contributed by atoms with van der Waals surface area (Å²) >= 11 is 0. The molecule has 2 aromatic heterocycles. The second kappa shape index (κ2) is 20.0. The normalized spacial score (nSPS) is 12.2. The number of hydrogen-bond donors (Lipinski definition) is 1. The van der Waals surface area contributed by atoms with Gasteiger partial charge in [0.2, 0.25) is 0 Å². The van der Waals surface area contributed by atoms with E-state index in [-0.39, 0.29) is 48.5 Å². The molecule has 374 valence electrons. The number of aromatic nitrogens is 3. The summed E-state index contributed by atoms with van der Waals surface area (Å²) in [6, 6.07) is 70.2. The minimum Gasteiger partial charge on any atom is -0.507 e. The number of benzene rings is 8. The Morgan fingerprint density at radius 2 is 0.986 bits per heavy atom. The Hall–Kier alpha value is -7.13. The zero-order valence-corrected chi connectivity index (χ0v) is 46.9. The summed E-state index contributed by atoms with van der Waals surface area (Å²) in [5.74, 6) is 0.803. The zero-order valence-electron chi connectivity index (χ0n) is 44.6. The number of fused-ring (bicyclic) bond motifs is 1. The molecule has 1 N–H and O–H groups in total. The summed E-state index contributed by atoms with van der Waals surface area (Å²) < 4.78 is 2.25. The van der Waals surface area contributed by atoms with Gasteiger partial charge in [-0.2, -0.15) is 0 Å². The van der Waals surface area contributed by atoms with Gasteiger partial charge in [-0.1, -0.05) is 233 Å². The number of nitrogens with zero attached hydrogens (tertiary/aromatic N) is 3. The second-order valence-corrected chi connectivity index (χ2v) is 23.2. The molecule has 0 spiro atoms. The Balaban J connectivity index is 0.00000672. The predicted molar refractivity (Wildman–Crippen MR) is 307 cm³/mol. The minimum absolute atomic E-state index is 0. The van der Waals surface area contributed by atoms with Crippen LogP contribution in [0.5, 0.6) is 5.75 Å². The van der Waals surface area contributed by atoms with Gasteiger partial charge in [0.15, 0.2) is 0 Å². The molecule has 0 fully saturated rings. The molecule has 0 saturated heterocycles. The molecule has 10 rings (SSSR count). The van der Waals surface area contributed by atoms with Crippen LogP contribution in [0.15, 0.2) is 194 Å². The Kier molecular flexibility index (Phi) is 14.0. The summed E-state index contributed by atoms with van der Waals surface area (Å²) in [5.41, 5.74) is 18.7. The average Bonchev–Trinajstić information content (AvgIpc) is 3.77. The maximum Gasteiger partial charge on any atom is 0.148 e. The predicted octanol–water partition coefficient (Wildman–Crippen LogP) is 18.5. The molecule has 0 saturated carbocycles. The second-order valence-electron chi connectivity index (χ2n) is 23.2. The molecule has 74 heavy (non-hydrogen) atoms. The number of phenolic OH excluding ortho intramolecular Hbond substituents is 1. The van der Waals surface area contributed by atoms with Crippen LogP contribution >= 0.6 is 0 Å². The van der Waals surface area contributed by atoms with Crippen molar-refractivity contribution in [2.75, 3.05) is 0 Å². The van der Waals surface area contributed by atoms with E-state index in [1.54, 1.807) is 0 Å². The van der Waals surface area contributed by atoms with Gasteiger partial charge in [0.25, 0.3) is 0 Å². The average molecular weight is 1150 g/mol. The largest absolute Gasteiger partial charge is 0.507 e. The maximum atomic E-state index is 12.8. The smallest absolute Gasteiger partial charge is 0.148 e. The fraction of sp³-hybridized carbons (Fsp3) is 0.217. The molecule has 0 bridgehead atoms. The third-order valence-electron chi connectivity index (χ3n) is 15.3. The molecule has 0 atom stereocenters. The van der Waals surface area contributed by atoms with Crippen molar-refractivity contribution in [3.8, 4) is 89.7 Å². The quantitative estimate of drug-likeness (QED) is 0.147. The van der Waals surface area contributed by atoms with Crippen LogP contribution in [-0.4, -0.2) is 19.6 Å². The molecule has 8 aromatic carbocycles. The Bertz CT molecular complexity index is 3640. The number of para-hydroxylation sites is 2. The summed E-state index contributed by atoms with van der Waals surface area (Å²) in [4.78, 5) is 10.7. The minimum atomic E-state index is -0.189. The number of phenols is 1. The molecule has 0 aliphatic heterocycles. The summed E-state index contributed by atoms with van der Waals surface area (Å²) in [5, 5.41) is 12.8. The Morgan fingerprint density at radius 3 is 1.64 bits per heavy atom. The van der Waals surface area contributed by atoms with Gasteiger partial charge in [-0.3, -0.25) is 9.55 Å². The first-order valence-corrected chi connectivity index (χ1v) is 25.6. The van der Waals surface area contributed by atoms with Crippen molar-refractivity contribution < 1.29 is 26.2 Å². The molecule has 0 radical (unpaired) electrons. The molecule has 2 heterocycles. The van der Waals surface area contributed by atoms with E-state index in [2.05, 4.69) is 245 Å². The molecule has 0 unspecified atom stereocenters. The number of imidazole rings is 1. The summed E-state index contributed by atoms with van der Waals surface area (Å²) in [7, 11) is 0. The van der Waals surface area contributed by atoms with Gasteiger partial charge in [-0.25, -0.2) is 4.98 Å². The Labute approximate surface area is 453 Å². The van der Waals surface area contributed by atoms with Crippen LogP contribution in [0.1, 0.15) is 92.9 Å². The van der Waals surface area contributed by atoms with Crippen LogP contribution in [0.4, 0.5) is 0 Å². The molecule has 0 amide bonds. The van der Waals surface area contributed by atoms with Crippen LogP contribution in [0.3, 0.4) is 0 Å². The van der Waals surface area contributed by atoms with Crippen LogP contribution in [0.25, 0.3) is 95.0 Å². The van der Waals surface area contributed by atoms with Crippen molar-refractivity contribution in [3.63, 3.8) is 0 Å². The van der Waals surface area contributed by atoms with Crippen LogP contribution in [0, 0.1) is 11.5 Å². The Morgan fingerprint density at radius 1 is 0.432 bits per heavy atom. The van der Waals surface area contributed by atoms with E-state index in [0.717, 1.165) is 83.6 Å². The van der Waals surface area contributed by atoms with Crippen molar-refractivity contribution in [2.24, 2.45) is 5.41 Å². The molecule has 5 heteroatoms. The first kappa shape index (κ1) is 51.8. The van der Waals surface area contributed by atoms with Gasteiger partial charge in [-0.05, 0) is 96.5 Å². The fourth-order valence-electron chi connectivity index (χ4n) is 9.87. The maximum absolute atomic E-state index is 12.8. The monoisotopic (exact) mass is 1150 g/mol. The molecular formula is C69H66N3OPt-.